The summed E-state index contributed by atoms with van der Waals surface area (Å²) in [7, 11) is 0. The van der Waals surface area contributed by atoms with Crippen LogP contribution in [0.2, 0.25) is 0 Å². The Labute approximate surface area is 329 Å². The molecule has 0 saturated heterocycles. The predicted molar refractivity (Wildman–Crippen MR) is 238 cm³/mol. The number of hydrogen-bond acceptors (Lipinski definition) is 2. The second kappa shape index (κ2) is 15.0. The van der Waals surface area contributed by atoms with E-state index in [-0.39, 0.29) is 0 Å². The van der Waals surface area contributed by atoms with Gasteiger partial charge >= 0.3 is 0 Å². The Kier molecular flexibility index (Phi) is 9.40. The summed E-state index contributed by atoms with van der Waals surface area (Å²) in [5.74, 6) is 0. The second-order valence-corrected chi connectivity index (χ2v) is 14.4. The van der Waals surface area contributed by atoms with Crippen LogP contribution in [-0.4, -0.2) is 19.5 Å². The fourth-order valence-electron chi connectivity index (χ4n) is 8.87. The first-order valence-electron chi connectivity index (χ1n) is 20.1. The largest absolute Gasteiger partial charge is 0.354 e. The van der Waals surface area contributed by atoms with Gasteiger partial charge in [-0.15, -0.1) is 0 Å². The molecular weight excluding hydrogens is 681 g/mol. The molecule has 2 aliphatic rings. The highest BCUT2D eigenvalue weighted by Crippen LogP contribution is 2.44. The molecule has 9 rings (SSSR count). The van der Waals surface area contributed by atoms with E-state index in [1.54, 1.807) is 0 Å². The van der Waals surface area contributed by atoms with Crippen molar-refractivity contribution >= 4 is 45.9 Å². The molecule has 2 aliphatic heterocycles. The van der Waals surface area contributed by atoms with Gasteiger partial charge in [0.15, 0.2) is 0 Å². The third-order valence-electron chi connectivity index (χ3n) is 11.3. The Hall–Kier alpha value is -6.52. The van der Waals surface area contributed by atoms with Crippen molar-refractivity contribution in [2.75, 3.05) is 0 Å². The number of fused-ring (bicyclic) bond motifs is 8. The Balaban J connectivity index is 1.61. The van der Waals surface area contributed by atoms with Crippen molar-refractivity contribution in [1.29, 1.82) is 0 Å². The maximum Gasteiger partial charge on any atom is 0.0769 e. The van der Waals surface area contributed by atoms with Crippen LogP contribution in [0.1, 0.15) is 68.0 Å². The number of benzene rings is 4. The summed E-state index contributed by atoms with van der Waals surface area (Å²) in [4.78, 5) is 15.2. The number of nitrogens with one attached hydrogen (secondary N) is 1. The topological polar surface area (TPSA) is 46.5 Å². The van der Waals surface area contributed by atoms with Crippen molar-refractivity contribution in [2.45, 2.75) is 53.5 Å². The van der Waals surface area contributed by atoms with Crippen LogP contribution in [0.15, 0.2) is 133 Å². The molecule has 8 bridgehead atoms. The first kappa shape index (κ1) is 35.2. The number of rotatable bonds is 8. The first-order valence-corrected chi connectivity index (χ1v) is 20.1. The average Bonchev–Trinajstić information content (AvgIpc) is 4.07. The van der Waals surface area contributed by atoms with E-state index in [1.807, 2.05) is 0 Å². The second-order valence-electron chi connectivity index (χ2n) is 14.4. The molecule has 0 fully saturated rings. The van der Waals surface area contributed by atoms with Crippen LogP contribution in [0, 0.1) is 0 Å². The molecule has 3 aromatic heterocycles. The fraction of sp³-hybridized carbons (Fsp3) is 0.154. The summed E-state index contributed by atoms with van der Waals surface area (Å²) in [5.41, 5.74) is 21.5. The van der Waals surface area contributed by atoms with E-state index in [4.69, 9.17) is 9.97 Å². The maximum absolute atomic E-state index is 5.73. The van der Waals surface area contributed by atoms with Gasteiger partial charge in [0, 0.05) is 39.8 Å². The van der Waals surface area contributed by atoms with Crippen molar-refractivity contribution in [1.82, 2.24) is 19.5 Å². The van der Waals surface area contributed by atoms with Gasteiger partial charge in [0.05, 0.1) is 33.8 Å². The zero-order valence-corrected chi connectivity index (χ0v) is 32.6. The number of allylic oxidation sites excluding steroid dienone is 1. The summed E-state index contributed by atoms with van der Waals surface area (Å²) in [5, 5.41) is 0. The van der Waals surface area contributed by atoms with Crippen LogP contribution in [-0.2, 0) is 19.4 Å². The summed E-state index contributed by atoms with van der Waals surface area (Å²) < 4.78 is 2.58. The highest BCUT2D eigenvalue weighted by molar-refractivity contribution is 6.04. The van der Waals surface area contributed by atoms with Crippen molar-refractivity contribution in [2.24, 2.45) is 0 Å². The van der Waals surface area contributed by atoms with Gasteiger partial charge in [0.1, 0.15) is 0 Å². The molecule has 56 heavy (non-hydrogen) atoms. The van der Waals surface area contributed by atoms with Gasteiger partial charge in [-0.3, -0.25) is 0 Å². The molecule has 4 heteroatoms. The zero-order valence-electron chi connectivity index (χ0n) is 32.6. The molecule has 4 nitrogen and oxygen atoms in total. The Morgan fingerprint density at radius 1 is 0.446 bits per heavy atom. The van der Waals surface area contributed by atoms with Gasteiger partial charge in [-0.25, -0.2) is 9.97 Å². The number of hydrogen-bond donors (Lipinski definition) is 1. The molecule has 1 N–H and O–H groups in total. The van der Waals surface area contributed by atoms with Gasteiger partial charge in [0.25, 0.3) is 0 Å². The maximum atomic E-state index is 5.73. The van der Waals surface area contributed by atoms with Crippen molar-refractivity contribution < 1.29 is 0 Å². The quantitative estimate of drug-likeness (QED) is 0.169. The normalized spacial score (nSPS) is 12.2. The van der Waals surface area contributed by atoms with E-state index in [0.29, 0.717) is 0 Å². The molecule has 0 atom stereocenters. The first-order chi connectivity index (χ1) is 27.6. The molecule has 4 aromatic carbocycles. The number of nitrogens with zero attached hydrogens (tertiary/aromatic N) is 3. The Bertz CT molecular complexity index is 2800. The van der Waals surface area contributed by atoms with E-state index < -0.39 is 0 Å². The monoisotopic (exact) mass is 726 g/mol. The van der Waals surface area contributed by atoms with Gasteiger partial charge < -0.3 is 9.55 Å². The molecule has 0 saturated carbocycles. The molecule has 0 unspecified atom stereocenters. The number of aromatic amines is 1. The molecule has 0 spiro atoms. The molecule has 0 amide bonds. The number of aryl methyl sites for hydroxylation is 3. The third kappa shape index (κ3) is 5.93. The lowest BCUT2D eigenvalue weighted by Gasteiger charge is -2.14. The standard InChI is InChI=1S/C52H46N4/c1-5-34-33-45-47(36-23-15-10-16-24-36)43-30-29-41(53-43)46(35-21-13-9-14-22-35)42-31-32-44(54-42)48(37-25-17-11-18-26-37)51-39(6-2)40(7-3)52(56(51)8-4)49(50(34)55-45)38-27-19-12-20-28-38/h9-33,53H,5-8H2,1-4H3. The van der Waals surface area contributed by atoms with E-state index in [2.05, 4.69) is 189 Å². The fourth-order valence-corrected chi connectivity index (χ4v) is 8.87. The molecule has 274 valence electrons. The van der Waals surface area contributed by atoms with Crippen molar-refractivity contribution in [3.63, 3.8) is 0 Å². The summed E-state index contributed by atoms with van der Waals surface area (Å²) in [6, 6.07) is 47.6. The van der Waals surface area contributed by atoms with E-state index >= 15 is 0 Å². The van der Waals surface area contributed by atoms with Crippen LogP contribution in [0.3, 0.4) is 0 Å². The van der Waals surface area contributed by atoms with Crippen LogP contribution < -0.4 is 0 Å². The van der Waals surface area contributed by atoms with Crippen LogP contribution in [0.25, 0.3) is 90.4 Å². The van der Waals surface area contributed by atoms with Crippen LogP contribution in [0.4, 0.5) is 0 Å². The van der Waals surface area contributed by atoms with Crippen molar-refractivity contribution in [3.8, 4) is 44.5 Å². The SMILES string of the molecule is CCC1=Cc2nc1c(-c1ccccc1)c1c(CC)c(CC)c(c(-c3ccccc3)c3nc(c(-c4ccccc4)c4ccc([nH]4)c2-c2ccccc2)C=C3)n1CC. The lowest BCUT2D eigenvalue weighted by molar-refractivity contribution is 0.822. The van der Waals surface area contributed by atoms with Gasteiger partial charge in [0.2, 0.25) is 0 Å². The minimum Gasteiger partial charge on any atom is -0.354 e. The van der Waals surface area contributed by atoms with Crippen molar-refractivity contribution in [3.05, 3.63) is 167 Å². The molecule has 0 aliphatic carbocycles. The average molecular weight is 727 g/mol. The minimum atomic E-state index is 0.791. The summed E-state index contributed by atoms with van der Waals surface area (Å²) in [6.45, 7) is 9.95. The zero-order chi connectivity index (χ0) is 38.2. The molecular formula is C52H46N4. The lowest BCUT2D eigenvalue weighted by atomic mass is 9.94. The van der Waals surface area contributed by atoms with Gasteiger partial charge in [-0.05, 0) is 95.5 Å². The highest BCUT2D eigenvalue weighted by Gasteiger charge is 2.26. The summed E-state index contributed by atoms with van der Waals surface area (Å²) >= 11 is 0. The van der Waals surface area contributed by atoms with E-state index in [0.717, 1.165) is 93.0 Å². The van der Waals surface area contributed by atoms with Crippen LogP contribution >= 0.6 is 0 Å². The van der Waals surface area contributed by atoms with E-state index in [9.17, 15) is 0 Å². The predicted octanol–water partition coefficient (Wildman–Crippen LogP) is 13.7. The Morgan fingerprint density at radius 2 is 0.875 bits per heavy atom. The third-order valence-corrected chi connectivity index (χ3v) is 11.3. The molecule has 7 aromatic rings. The molecule has 5 heterocycles. The highest BCUT2D eigenvalue weighted by atomic mass is 15.0. The lowest BCUT2D eigenvalue weighted by Crippen LogP contribution is -2.00. The number of H-pyrrole nitrogens is 1. The number of aromatic nitrogens is 4. The molecule has 0 radical (unpaired) electrons. The van der Waals surface area contributed by atoms with Crippen LogP contribution in [0.5, 0.6) is 0 Å². The van der Waals surface area contributed by atoms with E-state index in [1.165, 1.54) is 38.9 Å². The van der Waals surface area contributed by atoms with Gasteiger partial charge in [-0.1, -0.05) is 142 Å². The van der Waals surface area contributed by atoms with Gasteiger partial charge in [-0.2, -0.15) is 0 Å². The minimum absolute atomic E-state index is 0.791. The smallest absolute Gasteiger partial charge is 0.0769 e. The summed E-state index contributed by atoms with van der Waals surface area (Å²) in [6.07, 6.45) is 9.40. The Morgan fingerprint density at radius 3 is 1.34 bits per heavy atom.